The van der Waals surface area contributed by atoms with Gasteiger partial charge in [0, 0.05) is 8.41 Å². The third kappa shape index (κ3) is 70400. The Bertz CT molecular complexity index is 6.53. The van der Waals surface area contributed by atoms with E-state index in [-0.39, 0.29) is 8.41 Å². The second-order valence-corrected chi connectivity index (χ2v) is 1.41. The molecule has 0 unspecified atom stereocenters. The predicted molar refractivity (Wildman–Crippen MR) is 49.0 cm³/mol. The molecule has 0 atom stereocenters. The maximum Gasteiger partial charge on any atom is 0 e. The molecular weight excluding hydrogens is 107 g/mol. The van der Waals surface area contributed by atoms with Crippen molar-refractivity contribution in [2.24, 2.45) is 0 Å². The van der Waals surface area contributed by atoms with Crippen molar-refractivity contribution in [2.45, 2.75) is 54.4 Å². The fourth-order valence-corrected chi connectivity index (χ4v) is 0. The molecule has 0 amide bonds. The molecule has 0 nitrogen and oxygen atoms in total. The number of hydrogen-bond acceptors (Lipinski definition) is 0. The molecule has 0 spiro atoms. The summed E-state index contributed by atoms with van der Waals surface area (Å²) in [6, 6.07) is 0. The Morgan fingerprint density at radius 1 is 0.667 bits per heavy atom. The van der Waals surface area contributed by atoms with E-state index in [1.165, 1.54) is 12.8 Å². The fraction of sp³-hybridized carbons (Fsp3) is 1.00. The molecule has 0 bridgehead atoms. The highest BCUT2D eigenvalue weighted by molar-refractivity contribution is 5.75. The zero-order valence-corrected chi connectivity index (χ0v) is 7.99. The molecule has 0 aromatic rings. The Balaban J connectivity index is -0.0000000202. The van der Waals surface area contributed by atoms with Crippen LogP contribution in [0.15, 0.2) is 0 Å². The lowest BCUT2D eigenvalue weighted by molar-refractivity contribution is 1.09. The van der Waals surface area contributed by atoms with Gasteiger partial charge in [-0.15, -0.1) is 0 Å². The molecule has 0 fully saturated rings. The molecule has 0 heterocycles. The summed E-state index contributed by atoms with van der Waals surface area (Å²) < 4.78 is 0. The molecule has 57 valence electrons. The SMILES string of the molecule is CC.CCC.CCC.[B]. The Morgan fingerprint density at radius 2 is 0.667 bits per heavy atom. The van der Waals surface area contributed by atoms with Gasteiger partial charge >= 0.3 is 0 Å². The number of rotatable bonds is 0. The van der Waals surface area contributed by atoms with Crippen molar-refractivity contribution >= 4 is 8.41 Å². The molecule has 0 rings (SSSR count). The van der Waals surface area contributed by atoms with Gasteiger partial charge in [-0.05, 0) is 0 Å². The van der Waals surface area contributed by atoms with Crippen molar-refractivity contribution in [3.05, 3.63) is 0 Å². The Labute approximate surface area is 63.6 Å². The van der Waals surface area contributed by atoms with Crippen molar-refractivity contribution in [2.75, 3.05) is 0 Å². The van der Waals surface area contributed by atoms with E-state index in [1.54, 1.807) is 0 Å². The van der Waals surface area contributed by atoms with Gasteiger partial charge in [0.2, 0.25) is 0 Å². The zero-order chi connectivity index (χ0) is 7.41. The van der Waals surface area contributed by atoms with E-state index >= 15 is 0 Å². The summed E-state index contributed by atoms with van der Waals surface area (Å²) in [6.07, 6.45) is 2.50. The standard InChI is InChI=1S/2C3H8.C2H6.B/c2*1-3-2;1-2;/h2*3H2,1-2H3;1-2H3;. The third-order valence-corrected chi connectivity index (χ3v) is 0. The third-order valence-electron chi connectivity index (χ3n) is 0. The largest absolute Gasteiger partial charge is 0.0683 e. The van der Waals surface area contributed by atoms with Gasteiger partial charge in [-0.3, -0.25) is 0 Å². The zero-order valence-electron chi connectivity index (χ0n) is 7.99. The van der Waals surface area contributed by atoms with E-state index in [0.717, 1.165) is 0 Å². The molecule has 1 heteroatoms. The van der Waals surface area contributed by atoms with Gasteiger partial charge in [-0.1, -0.05) is 54.4 Å². The van der Waals surface area contributed by atoms with E-state index < -0.39 is 0 Å². The lowest BCUT2D eigenvalue weighted by Crippen LogP contribution is -1.27. The highest BCUT2D eigenvalue weighted by atomic mass is 13.4. The maximum atomic E-state index is 2.12. The van der Waals surface area contributed by atoms with Crippen LogP contribution < -0.4 is 0 Å². The lowest BCUT2D eigenvalue weighted by Gasteiger charge is -1.48. The first kappa shape index (κ1) is 23.0. The summed E-state index contributed by atoms with van der Waals surface area (Å²) in [5.74, 6) is 0. The van der Waals surface area contributed by atoms with Gasteiger partial charge < -0.3 is 0 Å². The van der Waals surface area contributed by atoms with Gasteiger partial charge in [0.25, 0.3) is 0 Å². The molecule has 0 aliphatic heterocycles. The van der Waals surface area contributed by atoms with Gasteiger partial charge in [-0.2, -0.15) is 0 Å². The minimum Gasteiger partial charge on any atom is -0.0683 e. The van der Waals surface area contributed by atoms with Crippen molar-refractivity contribution in [3.63, 3.8) is 0 Å². The van der Waals surface area contributed by atoms with Gasteiger partial charge in [0.1, 0.15) is 0 Å². The van der Waals surface area contributed by atoms with Crippen molar-refractivity contribution in [3.8, 4) is 0 Å². The van der Waals surface area contributed by atoms with Gasteiger partial charge in [0.05, 0.1) is 0 Å². The van der Waals surface area contributed by atoms with Crippen LogP contribution in [0, 0.1) is 0 Å². The van der Waals surface area contributed by atoms with E-state index in [0.29, 0.717) is 0 Å². The normalized spacial score (nSPS) is 4.67. The quantitative estimate of drug-likeness (QED) is 0.439. The second-order valence-electron chi connectivity index (χ2n) is 1.41. The summed E-state index contributed by atoms with van der Waals surface area (Å²) >= 11 is 0. The van der Waals surface area contributed by atoms with Crippen molar-refractivity contribution in [1.29, 1.82) is 0 Å². The van der Waals surface area contributed by atoms with Crippen LogP contribution >= 0.6 is 0 Å². The maximum absolute atomic E-state index is 2.12. The Hall–Kier alpha value is 0.0649. The summed E-state index contributed by atoms with van der Waals surface area (Å²) in [6.45, 7) is 12.5. The van der Waals surface area contributed by atoms with E-state index in [1.807, 2.05) is 13.8 Å². The first-order valence-electron chi connectivity index (χ1n) is 3.83. The van der Waals surface area contributed by atoms with E-state index in [4.69, 9.17) is 0 Å². The minimum atomic E-state index is 0. The molecule has 3 radical (unpaired) electrons. The van der Waals surface area contributed by atoms with Crippen LogP contribution in [0.1, 0.15) is 54.4 Å². The Morgan fingerprint density at radius 3 is 0.667 bits per heavy atom. The predicted octanol–water partition coefficient (Wildman–Crippen LogP) is 3.48. The summed E-state index contributed by atoms with van der Waals surface area (Å²) in [7, 11) is 0. The van der Waals surface area contributed by atoms with Gasteiger partial charge in [0.15, 0.2) is 0 Å². The number of hydrogen-bond donors (Lipinski definition) is 0. The van der Waals surface area contributed by atoms with Crippen LogP contribution in [0.5, 0.6) is 0 Å². The van der Waals surface area contributed by atoms with Gasteiger partial charge in [-0.25, -0.2) is 0 Å². The second kappa shape index (κ2) is 94.4. The molecule has 0 aliphatic carbocycles. The monoisotopic (exact) mass is 129 g/mol. The van der Waals surface area contributed by atoms with Crippen molar-refractivity contribution < 1.29 is 0 Å². The average Bonchev–Trinajstić information content (AvgIpc) is 1.75. The van der Waals surface area contributed by atoms with Crippen LogP contribution in [0.3, 0.4) is 0 Å². The molecule has 0 N–H and O–H groups in total. The molecule has 0 saturated heterocycles. The smallest absolute Gasteiger partial charge is 0 e. The molecule has 0 aromatic carbocycles. The van der Waals surface area contributed by atoms with E-state index in [9.17, 15) is 0 Å². The van der Waals surface area contributed by atoms with E-state index in [2.05, 4.69) is 27.7 Å². The molecule has 0 aromatic heterocycles. The van der Waals surface area contributed by atoms with Crippen LogP contribution in [0.25, 0.3) is 0 Å². The lowest BCUT2D eigenvalue weighted by atomic mass is 10.6. The van der Waals surface area contributed by atoms with Crippen LogP contribution in [0.2, 0.25) is 0 Å². The van der Waals surface area contributed by atoms with Crippen LogP contribution in [-0.4, -0.2) is 8.41 Å². The highest BCUT2D eigenvalue weighted by Crippen LogP contribution is 1.56. The molecule has 9 heavy (non-hydrogen) atoms. The Kier molecular flexibility index (Phi) is 241. The minimum absolute atomic E-state index is 0. The summed E-state index contributed by atoms with van der Waals surface area (Å²) in [5, 5.41) is 0. The molecular formula is C8H22B. The first-order valence-corrected chi connectivity index (χ1v) is 3.83. The van der Waals surface area contributed by atoms with Crippen LogP contribution in [0.4, 0.5) is 0 Å². The topological polar surface area (TPSA) is 0 Å². The average molecular weight is 129 g/mol. The molecule has 0 aliphatic rings. The summed E-state index contributed by atoms with van der Waals surface area (Å²) in [5.41, 5.74) is 0. The highest BCUT2D eigenvalue weighted by Gasteiger charge is 1.36. The molecule has 0 saturated carbocycles. The fourth-order valence-electron chi connectivity index (χ4n) is 0. The first-order chi connectivity index (χ1) is 3.83. The van der Waals surface area contributed by atoms with Crippen molar-refractivity contribution in [1.82, 2.24) is 0 Å². The summed E-state index contributed by atoms with van der Waals surface area (Å²) in [4.78, 5) is 0. The van der Waals surface area contributed by atoms with Crippen LogP contribution in [-0.2, 0) is 0 Å².